The van der Waals surface area contributed by atoms with Gasteiger partial charge in [0.25, 0.3) is 0 Å². The molecule has 4 rings (SSSR count). The highest BCUT2D eigenvalue weighted by atomic mass is 32.2. The lowest BCUT2D eigenvalue weighted by Crippen LogP contribution is -2.48. The molecule has 0 amide bonds. The average Bonchev–Trinajstić information content (AvgIpc) is 2.89. The van der Waals surface area contributed by atoms with E-state index in [1.807, 2.05) is 23.1 Å². The molecule has 0 aromatic carbocycles. The number of aromatic nitrogens is 5. The van der Waals surface area contributed by atoms with Crippen molar-refractivity contribution in [3.63, 3.8) is 0 Å². The second-order valence-electron chi connectivity index (χ2n) is 7.60. The summed E-state index contributed by atoms with van der Waals surface area (Å²) in [5.41, 5.74) is 1.38. The average molecular weight is 476 g/mol. The van der Waals surface area contributed by atoms with Crippen molar-refractivity contribution in [1.29, 1.82) is 0 Å². The van der Waals surface area contributed by atoms with Crippen LogP contribution in [0.25, 0.3) is 0 Å². The summed E-state index contributed by atoms with van der Waals surface area (Å²) >= 11 is 0. The Hall–Kier alpha value is -3.68. The first-order chi connectivity index (χ1) is 16.6. The van der Waals surface area contributed by atoms with E-state index < -0.39 is 10.0 Å². The summed E-state index contributed by atoms with van der Waals surface area (Å²) in [6, 6.07) is 7.34. The van der Waals surface area contributed by atoms with Gasteiger partial charge in [-0.1, -0.05) is 18.1 Å². The summed E-state index contributed by atoms with van der Waals surface area (Å²) < 4.78 is 26.8. The number of allylic oxidation sites excluding steroid dienone is 1. The number of sulfonamides is 1. The second kappa shape index (κ2) is 11.4. The summed E-state index contributed by atoms with van der Waals surface area (Å²) in [6.45, 7) is 1.82. The Morgan fingerprint density at radius 2 is 1.62 bits per heavy atom. The molecule has 0 aliphatic carbocycles. The highest BCUT2D eigenvalue weighted by Crippen LogP contribution is 2.14. The van der Waals surface area contributed by atoms with Crippen LogP contribution in [-0.2, 0) is 16.4 Å². The minimum absolute atomic E-state index is 0.384. The van der Waals surface area contributed by atoms with Crippen LogP contribution in [0, 0.1) is 11.8 Å². The molecular weight excluding hydrogens is 450 g/mol. The molecule has 0 spiro atoms. The molecule has 4 heterocycles. The van der Waals surface area contributed by atoms with Crippen LogP contribution < -0.4 is 4.90 Å². The summed E-state index contributed by atoms with van der Waals surface area (Å²) in [6.07, 6.45) is 12.3. The normalized spacial score (nSPS) is 14.6. The van der Waals surface area contributed by atoms with Gasteiger partial charge < -0.3 is 4.90 Å². The fourth-order valence-corrected chi connectivity index (χ4v) is 4.60. The molecule has 1 saturated heterocycles. The van der Waals surface area contributed by atoms with Crippen molar-refractivity contribution >= 4 is 16.0 Å². The van der Waals surface area contributed by atoms with Crippen LogP contribution >= 0.6 is 0 Å². The van der Waals surface area contributed by atoms with Gasteiger partial charge in [0, 0.05) is 69.0 Å². The van der Waals surface area contributed by atoms with E-state index in [2.05, 4.69) is 36.8 Å². The monoisotopic (exact) mass is 475 g/mol. The molecule has 0 bridgehead atoms. The lowest BCUT2D eigenvalue weighted by molar-refractivity contribution is 0.387. The van der Waals surface area contributed by atoms with Crippen LogP contribution in [0.4, 0.5) is 5.95 Å². The third-order valence-electron chi connectivity index (χ3n) is 5.18. The van der Waals surface area contributed by atoms with E-state index in [-0.39, 0.29) is 0 Å². The fourth-order valence-electron chi connectivity index (χ4n) is 3.38. The molecule has 34 heavy (non-hydrogen) atoms. The minimum atomic E-state index is -3.44. The number of aryl methyl sites for hydroxylation is 1. The molecule has 1 fully saturated rings. The third kappa shape index (κ3) is 6.66. The SMILES string of the molecule is O=S(=O)(/C=C\CCCc1ncccn1)N1CCN(c2ncc(C#Cc3ccccn3)cn2)CC1. The lowest BCUT2D eigenvalue weighted by atomic mass is 10.2. The first-order valence-electron chi connectivity index (χ1n) is 11.0. The quantitative estimate of drug-likeness (QED) is 0.378. The number of piperazine rings is 1. The maximum absolute atomic E-state index is 12.6. The van der Waals surface area contributed by atoms with Gasteiger partial charge in [-0.25, -0.2) is 33.3 Å². The van der Waals surface area contributed by atoms with Gasteiger partial charge in [0.05, 0.1) is 5.56 Å². The van der Waals surface area contributed by atoms with Gasteiger partial charge in [-0.2, -0.15) is 4.31 Å². The van der Waals surface area contributed by atoms with Crippen molar-refractivity contribution in [2.45, 2.75) is 19.3 Å². The molecule has 3 aromatic heterocycles. The van der Waals surface area contributed by atoms with Crippen molar-refractivity contribution < 1.29 is 8.42 Å². The Balaban J connectivity index is 1.25. The van der Waals surface area contributed by atoms with E-state index in [0.717, 1.165) is 18.7 Å². The molecule has 3 aromatic rings. The first kappa shape index (κ1) is 23.5. The number of nitrogens with zero attached hydrogens (tertiary/aromatic N) is 7. The van der Waals surface area contributed by atoms with Gasteiger partial charge in [-0.05, 0) is 37.0 Å². The van der Waals surface area contributed by atoms with Crippen LogP contribution in [0.3, 0.4) is 0 Å². The largest absolute Gasteiger partial charge is 0.338 e. The summed E-state index contributed by atoms with van der Waals surface area (Å²) in [4.78, 5) is 23.3. The van der Waals surface area contributed by atoms with Crippen molar-refractivity contribution in [1.82, 2.24) is 29.2 Å². The molecule has 0 N–H and O–H groups in total. The first-order valence-corrected chi connectivity index (χ1v) is 12.5. The van der Waals surface area contributed by atoms with Crippen LogP contribution in [-0.4, -0.2) is 63.8 Å². The highest BCUT2D eigenvalue weighted by molar-refractivity contribution is 7.92. The number of hydrogen-bond acceptors (Lipinski definition) is 8. The molecule has 9 nitrogen and oxygen atoms in total. The topological polar surface area (TPSA) is 105 Å². The number of pyridine rings is 1. The van der Waals surface area contributed by atoms with Crippen LogP contribution in [0.2, 0.25) is 0 Å². The van der Waals surface area contributed by atoms with E-state index in [9.17, 15) is 8.42 Å². The molecular formula is C24H25N7O2S. The smallest absolute Gasteiger partial charge is 0.236 e. The van der Waals surface area contributed by atoms with Gasteiger partial charge in [0.2, 0.25) is 16.0 Å². The predicted molar refractivity (Wildman–Crippen MR) is 129 cm³/mol. The summed E-state index contributed by atoms with van der Waals surface area (Å²) in [5.74, 6) is 7.31. The molecule has 0 atom stereocenters. The number of rotatable bonds is 7. The van der Waals surface area contributed by atoms with Gasteiger partial charge in [0.1, 0.15) is 11.5 Å². The molecule has 0 radical (unpaired) electrons. The summed E-state index contributed by atoms with van der Waals surface area (Å²) in [5, 5.41) is 1.31. The van der Waals surface area contributed by atoms with Crippen molar-refractivity contribution in [2.24, 2.45) is 0 Å². The van der Waals surface area contributed by atoms with Gasteiger partial charge in [0.15, 0.2) is 0 Å². The van der Waals surface area contributed by atoms with Crippen LogP contribution in [0.1, 0.15) is 29.9 Å². The van der Waals surface area contributed by atoms with E-state index in [0.29, 0.717) is 49.8 Å². The van der Waals surface area contributed by atoms with Crippen molar-refractivity contribution in [3.8, 4) is 11.8 Å². The Morgan fingerprint density at radius 1 is 0.882 bits per heavy atom. The zero-order valence-corrected chi connectivity index (χ0v) is 19.5. The lowest BCUT2D eigenvalue weighted by Gasteiger charge is -2.33. The minimum Gasteiger partial charge on any atom is -0.338 e. The molecule has 174 valence electrons. The van der Waals surface area contributed by atoms with E-state index in [4.69, 9.17) is 0 Å². The van der Waals surface area contributed by atoms with Crippen molar-refractivity contribution in [3.05, 3.63) is 83.8 Å². The van der Waals surface area contributed by atoms with Crippen LogP contribution in [0.5, 0.6) is 0 Å². The van der Waals surface area contributed by atoms with E-state index in [1.165, 1.54) is 9.71 Å². The second-order valence-corrected chi connectivity index (χ2v) is 9.42. The Kier molecular flexibility index (Phi) is 7.91. The van der Waals surface area contributed by atoms with Gasteiger partial charge in [-0.15, -0.1) is 0 Å². The van der Waals surface area contributed by atoms with E-state index in [1.54, 1.807) is 43.1 Å². The fraction of sp³-hybridized carbons (Fsp3) is 0.292. The van der Waals surface area contributed by atoms with Crippen LogP contribution in [0.15, 0.2) is 66.7 Å². The number of anilines is 1. The zero-order chi connectivity index (χ0) is 23.6. The molecule has 1 aliphatic rings. The van der Waals surface area contributed by atoms with Gasteiger partial charge >= 0.3 is 0 Å². The predicted octanol–water partition coefficient (Wildman–Crippen LogP) is 2.05. The molecule has 1 aliphatic heterocycles. The Morgan fingerprint density at radius 3 is 2.32 bits per heavy atom. The highest BCUT2D eigenvalue weighted by Gasteiger charge is 2.26. The maximum Gasteiger partial charge on any atom is 0.236 e. The maximum atomic E-state index is 12.6. The molecule has 10 heteroatoms. The number of unbranched alkanes of at least 4 members (excludes halogenated alkanes) is 1. The Bertz CT molecular complexity index is 1250. The number of hydrogen-bond donors (Lipinski definition) is 0. The molecule has 0 unspecified atom stereocenters. The zero-order valence-electron chi connectivity index (χ0n) is 18.7. The van der Waals surface area contributed by atoms with Gasteiger partial charge in [-0.3, -0.25) is 0 Å². The standard InChI is InChI=1S/C24H25N7O2S/c32-34(33,18-5-1-2-8-23-26-12-6-13-27-23)31-16-14-30(15-17-31)24-28-19-21(20-29-24)9-10-22-7-3-4-11-25-22/h3-7,11-13,18-20H,1-2,8,14-17H2/b18-5-. The van der Waals surface area contributed by atoms with E-state index >= 15 is 0 Å². The third-order valence-corrected chi connectivity index (χ3v) is 6.80. The van der Waals surface area contributed by atoms with Crippen molar-refractivity contribution in [2.75, 3.05) is 31.1 Å². The molecule has 0 saturated carbocycles. The summed E-state index contributed by atoms with van der Waals surface area (Å²) in [7, 11) is -3.44. The Labute approximate surface area is 199 Å².